The summed E-state index contributed by atoms with van der Waals surface area (Å²) in [5.74, 6) is -1.07. The first-order valence-electron chi connectivity index (χ1n) is 7.03. The number of ether oxygens (including phenoxy) is 1. The summed E-state index contributed by atoms with van der Waals surface area (Å²) in [5, 5.41) is 11.6. The van der Waals surface area contributed by atoms with Crippen molar-refractivity contribution in [3.63, 3.8) is 0 Å². The highest BCUT2D eigenvalue weighted by molar-refractivity contribution is 5.78. The highest BCUT2D eigenvalue weighted by Gasteiger charge is 2.27. The molecule has 0 aromatic heterocycles. The molecule has 21 heavy (non-hydrogen) atoms. The molecule has 0 saturated heterocycles. The molecule has 1 amide bonds. The van der Waals surface area contributed by atoms with Gasteiger partial charge < -0.3 is 15.2 Å². The number of rotatable bonds is 9. The molecule has 0 aliphatic heterocycles. The fourth-order valence-electron chi connectivity index (χ4n) is 1.58. The summed E-state index contributed by atoms with van der Waals surface area (Å²) in [7, 11) is 0. The largest absolute Gasteiger partial charge is 0.481 e. The lowest BCUT2D eigenvalue weighted by Crippen LogP contribution is -2.38. The lowest BCUT2D eigenvalue weighted by atomic mass is 9.94. The van der Waals surface area contributed by atoms with E-state index in [0.717, 1.165) is 5.56 Å². The molecule has 0 radical (unpaired) electrons. The minimum Gasteiger partial charge on any atom is -0.481 e. The maximum atomic E-state index is 11.6. The Bertz CT molecular complexity index is 457. The summed E-state index contributed by atoms with van der Waals surface area (Å²) < 4.78 is 5.48. The molecule has 0 unspecified atom stereocenters. The number of nitrogens with one attached hydrogen (secondary N) is 1. The van der Waals surface area contributed by atoms with Crippen LogP contribution in [0.4, 0.5) is 0 Å². The van der Waals surface area contributed by atoms with Gasteiger partial charge in [0, 0.05) is 19.6 Å². The average Bonchev–Trinajstić information content (AvgIpc) is 2.46. The van der Waals surface area contributed by atoms with E-state index in [0.29, 0.717) is 26.1 Å². The van der Waals surface area contributed by atoms with Gasteiger partial charge in [-0.2, -0.15) is 0 Å². The molecule has 1 rings (SSSR count). The van der Waals surface area contributed by atoms with E-state index in [-0.39, 0.29) is 12.5 Å². The maximum Gasteiger partial charge on any atom is 0.310 e. The lowest BCUT2D eigenvalue weighted by molar-refractivity contribution is -0.146. The quantitative estimate of drug-likeness (QED) is 0.684. The first-order valence-corrected chi connectivity index (χ1v) is 7.03. The van der Waals surface area contributed by atoms with E-state index in [2.05, 4.69) is 5.32 Å². The van der Waals surface area contributed by atoms with Gasteiger partial charge in [0.15, 0.2) is 0 Å². The summed E-state index contributed by atoms with van der Waals surface area (Å²) in [5.41, 5.74) is 0.157. The Morgan fingerprint density at radius 1 is 1.24 bits per heavy atom. The van der Waals surface area contributed by atoms with Gasteiger partial charge >= 0.3 is 5.97 Å². The van der Waals surface area contributed by atoms with Gasteiger partial charge in [0.05, 0.1) is 12.0 Å². The van der Waals surface area contributed by atoms with Crippen molar-refractivity contribution >= 4 is 11.9 Å². The van der Waals surface area contributed by atoms with E-state index >= 15 is 0 Å². The van der Waals surface area contributed by atoms with Gasteiger partial charge in [-0.25, -0.2) is 0 Å². The average molecular weight is 293 g/mol. The number of benzene rings is 1. The number of amides is 1. The van der Waals surface area contributed by atoms with Crippen LogP contribution < -0.4 is 5.32 Å². The Morgan fingerprint density at radius 2 is 1.90 bits per heavy atom. The van der Waals surface area contributed by atoms with Crippen LogP contribution in [0.2, 0.25) is 0 Å². The molecule has 116 valence electrons. The molecule has 1 aromatic carbocycles. The number of carbonyl (C=O) groups excluding carboxylic acids is 1. The zero-order valence-corrected chi connectivity index (χ0v) is 12.6. The number of carboxylic acids is 1. The number of hydrogen-bond acceptors (Lipinski definition) is 3. The molecular weight excluding hydrogens is 270 g/mol. The van der Waals surface area contributed by atoms with Crippen LogP contribution in [0.15, 0.2) is 30.3 Å². The third-order valence-electron chi connectivity index (χ3n) is 3.11. The lowest BCUT2D eigenvalue weighted by Gasteiger charge is -2.19. The molecule has 0 aliphatic rings. The van der Waals surface area contributed by atoms with Crippen LogP contribution in [0.3, 0.4) is 0 Å². The summed E-state index contributed by atoms with van der Waals surface area (Å²) in [6, 6.07) is 9.83. The second kappa shape index (κ2) is 8.42. The third-order valence-corrected chi connectivity index (χ3v) is 3.11. The Morgan fingerprint density at radius 3 is 2.52 bits per heavy atom. The van der Waals surface area contributed by atoms with Crippen molar-refractivity contribution in [3.8, 4) is 0 Å². The van der Waals surface area contributed by atoms with Gasteiger partial charge in [-0.15, -0.1) is 0 Å². The molecule has 0 spiro atoms. The topological polar surface area (TPSA) is 75.6 Å². The van der Waals surface area contributed by atoms with Crippen LogP contribution in [0.5, 0.6) is 0 Å². The predicted molar refractivity (Wildman–Crippen MR) is 79.8 cm³/mol. The van der Waals surface area contributed by atoms with E-state index in [4.69, 9.17) is 9.84 Å². The molecule has 1 aromatic rings. The third kappa shape index (κ3) is 6.90. The van der Waals surface area contributed by atoms with Crippen LogP contribution in [0.25, 0.3) is 0 Å². The molecule has 2 N–H and O–H groups in total. The first kappa shape index (κ1) is 17.2. The number of carboxylic acid groups (broad SMARTS) is 1. The van der Waals surface area contributed by atoms with Gasteiger partial charge in [-0.3, -0.25) is 9.59 Å². The molecule has 0 bridgehead atoms. The highest BCUT2D eigenvalue weighted by Crippen LogP contribution is 2.13. The van der Waals surface area contributed by atoms with Crippen molar-refractivity contribution in [2.24, 2.45) is 5.41 Å². The standard InChI is InChI=1S/C16H23NO4/c1-16(2,15(19)20)12-17-14(18)9-6-10-21-11-13-7-4-3-5-8-13/h3-5,7-8H,6,9-12H2,1-2H3,(H,17,18)(H,19,20). The van der Waals surface area contributed by atoms with Crippen molar-refractivity contribution in [2.45, 2.75) is 33.3 Å². The molecule has 5 heteroatoms. The Kier molecular flexibility index (Phi) is 6.88. The molecule has 0 atom stereocenters. The summed E-state index contributed by atoms with van der Waals surface area (Å²) >= 11 is 0. The summed E-state index contributed by atoms with van der Waals surface area (Å²) in [4.78, 5) is 22.5. The Labute approximate surface area is 125 Å². The van der Waals surface area contributed by atoms with Crippen molar-refractivity contribution in [2.75, 3.05) is 13.2 Å². The molecule has 5 nitrogen and oxygen atoms in total. The Hall–Kier alpha value is -1.88. The van der Waals surface area contributed by atoms with Crippen molar-refractivity contribution in [1.82, 2.24) is 5.32 Å². The normalized spacial score (nSPS) is 11.1. The maximum absolute atomic E-state index is 11.6. The van der Waals surface area contributed by atoms with Crippen LogP contribution in [-0.2, 0) is 20.9 Å². The molecule has 0 fully saturated rings. The van der Waals surface area contributed by atoms with Crippen molar-refractivity contribution < 1.29 is 19.4 Å². The summed E-state index contributed by atoms with van der Waals surface area (Å²) in [6.45, 7) is 4.34. The van der Waals surface area contributed by atoms with Gasteiger partial charge in [-0.05, 0) is 25.8 Å². The van der Waals surface area contributed by atoms with E-state index in [9.17, 15) is 9.59 Å². The zero-order chi connectivity index (χ0) is 15.7. The zero-order valence-electron chi connectivity index (χ0n) is 12.6. The minimum atomic E-state index is -0.945. The molecule has 0 aliphatic carbocycles. The first-order chi connectivity index (χ1) is 9.92. The second-order valence-corrected chi connectivity index (χ2v) is 5.61. The predicted octanol–water partition coefficient (Wildman–Crippen LogP) is 2.21. The smallest absolute Gasteiger partial charge is 0.310 e. The number of aliphatic carboxylic acids is 1. The van der Waals surface area contributed by atoms with Gasteiger partial charge in [-0.1, -0.05) is 30.3 Å². The number of carbonyl (C=O) groups is 2. The van der Waals surface area contributed by atoms with E-state index < -0.39 is 11.4 Å². The molecule has 0 saturated carbocycles. The summed E-state index contributed by atoms with van der Waals surface area (Å²) in [6.07, 6.45) is 0.955. The van der Waals surface area contributed by atoms with Crippen LogP contribution in [0, 0.1) is 5.41 Å². The second-order valence-electron chi connectivity index (χ2n) is 5.61. The van der Waals surface area contributed by atoms with Crippen molar-refractivity contribution in [1.29, 1.82) is 0 Å². The van der Waals surface area contributed by atoms with E-state index in [1.165, 1.54) is 0 Å². The fraction of sp³-hybridized carbons (Fsp3) is 0.500. The molecular formula is C16H23NO4. The van der Waals surface area contributed by atoms with Gasteiger partial charge in [0.25, 0.3) is 0 Å². The van der Waals surface area contributed by atoms with E-state index in [1.54, 1.807) is 13.8 Å². The number of hydrogen-bond donors (Lipinski definition) is 2. The van der Waals surface area contributed by atoms with Crippen molar-refractivity contribution in [3.05, 3.63) is 35.9 Å². The van der Waals surface area contributed by atoms with Crippen LogP contribution >= 0.6 is 0 Å². The molecule has 0 heterocycles. The SMILES string of the molecule is CC(C)(CNC(=O)CCCOCc1ccccc1)C(=O)O. The van der Waals surface area contributed by atoms with Crippen LogP contribution in [-0.4, -0.2) is 30.1 Å². The highest BCUT2D eigenvalue weighted by atomic mass is 16.5. The van der Waals surface area contributed by atoms with Crippen LogP contribution in [0.1, 0.15) is 32.3 Å². The van der Waals surface area contributed by atoms with Gasteiger partial charge in [0.1, 0.15) is 0 Å². The van der Waals surface area contributed by atoms with E-state index in [1.807, 2.05) is 30.3 Å². The monoisotopic (exact) mass is 293 g/mol. The Balaban J connectivity index is 2.10. The van der Waals surface area contributed by atoms with Gasteiger partial charge in [0.2, 0.25) is 5.91 Å². The minimum absolute atomic E-state index is 0.131. The fourth-order valence-corrected chi connectivity index (χ4v) is 1.58.